The Morgan fingerprint density at radius 2 is 2.28 bits per heavy atom. The van der Waals surface area contributed by atoms with Crippen molar-refractivity contribution in [2.75, 3.05) is 12.4 Å². The van der Waals surface area contributed by atoms with Crippen LogP contribution < -0.4 is 5.32 Å². The normalized spacial score (nSPS) is 12.2. The molecule has 0 aliphatic carbocycles. The van der Waals surface area contributed by atoms with Crippen LogP contribution in [0.3, 0.4) is 0 Å². The van der Waals surface area contributed by atoms with Gasteiger partial charge in [0.1, 0.15) is 5.82 Å². The van der Waals surface area contributed by atoms with E-state index >= 15 is 0 Å². The molecule has 0 aromatic heterocycles. The van der Waals surface area contributed by atoms with Gasteiger partial charge < -0.3 is 5.32 Å². The highest BCUT2D eigenvalue weighted by Gasteiger charge is 2.11. The molecular formula is C13H16BrClFNO. The molecule has 1 rings (SSSR count). The van der Waals surface area contributed by atoms with Gasteiger partial charge in [-0.2, -0.15) is 0 Å². The van der Waals surface area contributed by atoms with Crippen LogP contribution in [0, 0.1) is 11.7 Å². The maximum Gasteiger partial charge on any atom is 0.254 e. The van der Waals surface area contributed by atoms with Crippen LogP contribution in [0.1, 0.15) is 30.1 Å². The van der Waals surface area contributed by atoms with Crippen molar-refractivity contribution in [3.05, 3.63) is 34.1 Å². The number of rotatable bonds is 6. The number of nitrogens with one attached hydrogen (secondary N) is 1. The van der Waals surface area contributed by atoms with Crippen molar-refractivity contribution in [1.82, 2.24) is 5.32 Å². The first-order valence-electron chi connectivity index (χ1n) is 5.83. The summed E-state index contributed by atoms with van der Waals surface area (Å²) < 4.78 is 14.1. The molecule has 1 amide bonds. The molecule has 0 heterocycles. The van der Waals surface area contributed by atoms with E-state index in [9.17, 15) is 9.18 Å². The van der Waals surface area contributed by atoms with Crippen molar-refractivity contribution in [2.45, 2.75) is 19.8 Å². The lowest BCUT2D eigenvalue weighted by Crippen LogP contribution is -2.25. The zero-order valence-electron chi connectivity index (χ0n) is 10.2. The predicted molar refractivity (Wildman–Crippen MR) is 75.6 cm³/mol. The third-order valence-electron chi connectivity index (χ3n) is 2.60. The molecule has 0 saturated carbocycles. The summed E-state index contributed by atoms with van der Waals surface area (Å²) in [5, 5.41) is 2.70. The summed E-state index contributed by atoms with van der Waals surface area (Å²) >= 11 is 8.90. The van der Waals surface area contributed by atoms with Gasteiger partial charge in [0.15, 0.2) is 0 Å². The first-order chi connectivity index (χ1) is 8.54. The Hall–Kier alpha value is -0.610. The minimum Gasteiger partial charge on any atom is -0.352 e. The number of carbonyl (C=O) groups is 1. The molecule has 0 spiro atoms. The van der Waals surface area contributed by atoms with E-state index in [-0.39, 0.29) is 11.5 Å². The predicted octanol–water partition coefficient (Wildman–Crippen LogP) is 3.97. The average Bonchev–Trinajstić information content (AvgIpc) is 2.36. The summed E-state index contributed by atoms with van der Waals surface area (Å²) in [4.78, 5) is 11.7. The fourth-order valence-electron chi connectivity index (χ4n) is 1.50. The topological polar surface area (TPSA) is 29.1 Å². The number of hydrogen-bond donors (Lipinski definition) is 1. The van der Waals surface area contributed by atoms with Crippen molar-refractivity contribution >= 4 is 33.4 Å². The Kier molecular flexibility index (Phi) is 6.65. The van der Waals surface area contributed by atoms with E-state index in [1.807, 2.05) is 0 Å². The largest absolute Gasteiger partial charge is 0.352 e. The van der Waals surface area contributed by atoms with E-state index in [1.54, 1.807) is 6.07 Å². The van der Waals surface area contributed by atoms with Gasteiger partial charge in [-0.3, -0.25) is 4.79 Å². The van der Waals surface area contributed by atoms with E-state index < -0.39 is 5.82 Å². The molecule has 0 aliphatic heterocycles. The van der Waals surface area contributed by atoms with Gasteiger partial charge >= 0.3 is 0 Å². The van der Waals surface area contributed by atoms with E-state index in [1.165, 1.54) is 12.1 Å². The molecule has 100 valence electrons. The second-order valence-corrected chi connectivity index (χ2v) is 5.51. The molecule has 1 atom stereocenters. The summed E-state index contributed by atoms with van der Waals surface area (Å²) in [5.41, 5.74) is 0.0646. The molecule has 1 unspecified atom stereocenters. The number of benzene rings is 1. The van der Waals surface area contributed by atoms with Crippen LogP contribution in [0.15, 0.2) is 22.7 Å². The first-order valence-corrected chi connectivity index (χ1v) is 7.16. The maximum atomic E-state index is 13.4. The van der Waals surface area contributed by atoms with E-state index in [0.29, 0.717) is 22.8 Å². The number of carbonyl (C=O) groups excluding carboxylic acids is 1. The molecule has 0 fully saturated rings. The van der Waals surface area contributed by atoms with Crippen molar-refractivity contribution in [2.24, 2.45) is 5.92 Å². The SMILES string of the molecule is CC(CCl)CCCNC(=O)c1cc(Br)ccc1F. The van der Waals surface area contributed by atoms with Crippen LogP contribution in [0.5, 0.6) is 0 Å². The first kappa shape index (κ1) is 15.4. The Morgan fingerprint density at radius 1 is 1.56 bits per heavy atom. The Labute approximate surface area is 120 Å². The number of hydrogen-bond acceptors (Lipinski definition) is 1. The van der Waals surface area contributed by atoms with Gasteiger partial charge in [-0.05, 0) is 37.0 Å². The van der Waals surface area contributed by atoms with E-state index in [0.717, 1.165) is 12.8 Å². The molecule has 0 radical (unpaired) electrons. The second kappa shape index (κ2) is 7.74. The minimum absolute atomic E-state index is 0.0646. The standard InChI is InChI=1S/C13H16BrClFNO/c1-9(8-15)3-2-6-17-13(18)11-7-10(14)4-5-12(11)16/h4-5,7,9H,2-3,6,8H2,1H3,(H,17,18). The maximum absolute atomic E-state index is 13.4. The summed E-state index contributed by atoms with van der Waals surface area (Å²) in [5.74, 6) is 0.164. The lowest BCUT2D eigenvalue weighted by Gasteiger charge is -2.09. The highest BCUT2D eigenvalue weighted by molar-refractivity contribution is 9.10. The zero-order valence-corrected chi connectivity index (χ0v) is 12.5. The summed E-state index contributed by atoms with van der Waals surface area (Å²) in [7, 11) is 0. The van der Waals surface area contributed by atoms with Crippen LogP contribution in [0.25, 0.3) is 0 Å². The lowest BCUT2D eigenvalue weighted by atomic mass is 10.1. The van der Waals surface area contributed by atoms with Crippen molar-refractivity contribution < 1.29 is 9.18 Å². The van der Waals surface area contributed by atoms with Crippen LogP contribution in [0.4, 0.5) is 4.39 Å². The average molecular weight is 337 g/mol. The van der Waals surface area contributed by atoms with Crippen molar-refractivity contribution in [3.63, 3.8) is 0 Å². The van der Waals surface area contributed by atoms with Gasteiger partial charge in [-0.15, -0.1) is 11.6 Å². The summed E-state index contributed by atoms with van der Waals surface area (Å²) in [6.07, 6.45) is 1.79. The van der Waals surface area contributed by atoms with Crippen LogP contribution in [0.2, 0.25) is 0 Å². The monoisotopic (exact) mass is 335 g/mol. The molecule has 0 aliphatic rings. The third-order valence-corrected chi connectivity index (χ3v) is 3.62. The van der Waals surface area contributed by atoms with Crippen molar-refractivity contribution in [1.29, 1.82) is 0 Å². The van der Waals surface area contributed by atoms with Crippen LogP contribution in [-0.2, 0) is 0 Å². The fraction of sp³-hybridized carbons (Fsp3) is 0.462. The number of amides is 1. The molecule has 2 nitrogen and oxygen atoms in total. The summed E-state index contributed by atoms with van der Waals surface area (Å²) in [6, 6.07) is 4.31. The quantitative estimate of drug-likeness (QED) is 0.618. The molecule has 0 bridgehead atoms. The molecule has 1 aromatic rings. The van der Waals surface area contributed by atoms with Crippen molar-refractivity contribution in [3.8, 4) is 0 Å². The molecule has 18 heavy (non-hydrogen) atoms. The highest BCUT2D eigenvalue weighted by Crippen LogP contribution is 2.15. The Balaban J connectivity index is 2.43. The molecular weight excluding hydrogens is 321 g/mol. The van der Waals surface area contributed by atoms with Gasteiger partial charge in [-0.25, -0.2) is 4.39 Å². The van der Waals surface area contributed by atoms with Gasteiger partial charge in [0.2, 0.25) is 0 Å². The summed E-state index contributed by atoms with van der Waals surface area (Å²) in [6.45, 7) is 2.59. The third kappa shape index (κ3) is 4.94. The van der Waals surface area contributed by atoms with E-state index in [4.69, 9.17) is 11.6 Å². The lowest BCUT2D eigenvalue weighted by molar-refractivity contribution is 0.0948. The fourth-order valence-corrected chi connectivity index (χ4v) is 2.01. The van der Waals surface area contributed by atoms with Crippen LogP contribution in [-0.4, -0.2) is 18.3 Å². The van der Waals surface area contributed by atoms with Gasteiger partial charge in [0, 0.05) is 16.9 Å². The zero-order chi connectivity index (χ0) is 13.5. The van der Waals surface area contributed by atoms with Crippen LogP contribution >= 0.6 is 27.5 Å². The van der Waals surface area contributed by atoms with Gasteiger partial charge in [0.05, 0.1) is 5.56 Å². The molecule has 0 saturated heterocycles. The molecule has 5 heteroatoms. The van der Waals surface area contributed by atoms with Gasteiger partial charge in [0.25, 0.3) is 5.91 Å². The molecule has 1 aromatic carbocycles. The highest BCUT2D eigenvalue weighted by atomic mass is 79.9. The second-order valence-electron chi connectivity index (χ2n) is 4.28. The Morgan fingerprint density at radius 3 is 2.94 bits per heavy atom. The number of halogens is 3. The Bertz CT molecular complexity index is 414. The minimum atomic E-state index is -0.509. The number of alkyl halides is 1. The molecule has 1 N–H and O–H groups in total. The van der Waals surface area contributed by atoms with E-state index in [2.05, 4.69) is 28.2 Å². The van der Waals surface area contributed by atoms with Gasteiger partial charge in [-0.1, -0.05) is 22.9 Å². The smallest absolute Gasteiger partial charge is 0.254 e.